The van der Waals surface area contributed by atoms with Crippen LogP contribution in [0.5, 0.6) is 0 Å². The molecule has 1 N–H and O–H groups in total. The molecule has 0 aliphatic carbocycles. The highest BCUT2D eigenvalue weighted by Crippen LogP contribution is 2.40. The third kappa shape index (κ3) is 3.75. The maximum atomic E-state index is 14.3. The van der Waals surface area contributed by atoms with Gasteiger partial charge in [-0.2, -0.15) is 0 Å². The number of aryl methyl sites for hydroxylation is 2. The fourth-order valence-corrected chi connectivity index (χ4v) is 4.92. The second-order valence-electron chi connectivity index (χ2n) is 8.75. The summed E-state index contributed by atoms with van der Waals surface area (Å²) in [5, 5.41) is 3.20. The molecule has 35 heavy (non-hydrogen) atoms. The Morgan fingerprint density at radius 1 is 0.686 bits per heavy atom. The van der Waals surface area contributed by atoms with E-state index >= 15 is 0 Å². The van der Waals surface area contributed by atoms with Crippen LogP contribution in [0.3, 0.4) is 0 Å². The van der Waals surface area contributed by atoms with Gasteiger partial charge in [0.05, 0.1) is 11.0 Å². The number of carbonyl (C=O) groups is 1. The van der Waals surface area contributed by atoms with Gasteiger partial charge in [0.15, 0.2) is 0 Å². The highest BCUT2D eigenvalue weighted by atomic mass is 16.2. The minimum atomic E-state index is -1.11. The standard InChI is InChI=1S/C30H27N3O2/c1-32-26-19-18-25(20-27(26)33(2)29(32)35)30(23-14-8-4-9-15-23,24-16-10-5-11-17-24)28(34)31-21-22-12-6-3-7-13-22/h3-20H,21H2,1-2H3,(H,31,34). The van der Waals surface area contributed by atoms with E-state index in [1.807, 2.05) is 109 Å². The molecule has 0 aliphatic heterocycles. The molecule has 5 heteroatoms. The Morgan fingerprint density at radius 3 is 1.77 bits per heavy atom. The molecule has 1 aromatic heterocycles. The van der Waals surface area contributed by atoms with Crippen molar-refractivity contribution in [2.75, 3.05) is 0 Å². The SMILES string of the molecule is Cn1c(=O)n(C)c2cc(C(C(=O)NCc3ccccc3)(c3ccccc3)c3ccccc3)ccc21. The smallest absolute Gasteiger partial charge is 0.328 e. The zero-order chi connectivity index (χ0) is 24.4. The van der Waals surface area contributed by atoms with Crippen LogP contribution in [0.4, 0.5) is 0 Å². The summed E-state index contributed by atoms with van der Waals surface area (Å²) < 4.78 is 3.25. The van der Waals surface area contributed by atoms with Gasteiger partial charge in [0.25, 0.3) is 0 Å². The van der Waals surface area contributed by atoms with Crippen LogP contribution in [-0.2, 0) is 30.8 Å². The minimum absolute atomic E-state index is 0.101. The van der Waals surface area contributed by atoms with E-state index in [1.54, 1.807) is 23.2 Å². The van der Waals surface area contributed by atoms with E-state index in [2.05, 4.69) is 5.32 Å². The van der Waals surface area contributed by atoms with Crippen LogP contribution in [-0.4, -0.2) is 15.0 Å². The fraction of sp³-hybridized carbons (Fsp3) is 0.133. The minimum Gasteiger partial charge on any atom is -0.351 e. The molecule has 174 valence electrons. The zero-order valence-electron chi connectivity index (χ0n) is 19.8. The first-order chi connectivity index (χ1) is 17.0. The van der Waals surface area contributed by atoms with Crippen molar-refractivity contribution in [1.29, 1.82) is 0 Å². The van der Waals surface area contributed by atoms with E-state index < -0.39 is 5.41 Å². The predicted octanol–water partition coefficient (Wildman–Crippen LogP) is 4.53. The summed E-state index contributed by atoms with van der Waals surface area (Å²) in [6.45, 7) is 0.410. The lowest BCUT2D eigenvalue weighted by atomic mass is 9.68. The van der Waals surface area contributed by atoms with Gasteiger partial charge in [0, 0.05) is 20.6 Å². The van der Waals surface area contributed by atoms with Gasteiger partial charge in [-0.3, -0.25) is 13.9 Å². The molecule has 0 bridgehead atoms. The van der Waals surface area contributed by atoms with Crippen LogP contribution >= 0.6 is 0 Å². The number of carbonyl (C=O) groups excluding carboxylic acids is 1. The van der Waals surface area contributed by atoms with Gasteiger partial charge in [-0.05, 0) is 34.4 Å². The van der Waals surface area contributed by atoms with Gasteiger partial charge >= 0.3 is 5.69 Å². The molecule has 4 aromatic carbocycles. The van der Waals surface area contributed by atoms with Gasteiger partial charge in [0.2, 0.25) is 5.91 Å². The summed E-state index contributed by atoms with van der Waals surface area (Å²) in [4.78, 5) is 27.0. The highest BCUT2D eigenvalue weighted by Gasteiger charge is 2.44. The van der Waals surface area contributed by atoms with Crippen LogP contribution in [0.15, 0.2) is 114 Å². The van der Waals surface area contributed by atoms with Crippen molar-refractivity contribution in [2.24, 2.45) is 14.1 Å². The molecule has 1 amide bonds. The Balaban J connectivity index is 1.76. The number of hydrogen-bond donors (Lipinski definition) is 1. The molecule has 1 heterocycles. The van der Waals surface area contributed by atoms with Gasteiger partial charge in [-0.15, -0.1) is 0 Å². The molecule has 5 nitrogen and oxygen atoms in total. The maximum absolute atomic E-state index is 14.3. The zero-order valence-corrected chi connectivity index (χ0v) is 19.8. The first kappa shape index (κ1) is 22.4. The molecular weight excluding hydrogens is 434 g/mol. The first-order valence-electron chi connectivity index (χ1n) is 11.6. The predicted molar refractivity (Wildman–Crippen MR) is 139 cm³/mol. The second kappa shape index (κ2) is 9.11. The quantitative estimate of drug-likeness (QED) is 0.378. The third-order valence-corrected chi connectivity index (χ3v) is 6.76. The lowest BCUT2D eigenvalue weighted by Gasteiger charge is -2.34. The van der Waals surface area contributed by atoms with Crippen molar-refractivity contribution < 1.29 is 4.79 Å². The van der Waals surface area contributed by atoms with E-state index in [0.717, 1.165) is 33.3 Å². The molecule has 0 unspecified atom stereocenters. The van der Waals surface area contributed by atoms with Crippen molar-refractivity contribution in [3.63, 3.8) is 0 Å². The fourth-order valence-electron chi connectivity index (χ4n) is 4.92. The molecule has 0 spiro atoms. The molecule has 0 aliphatic rings. The molecule has 0 saturated carbocycles. The number of imidazole rings is 1. The summed E-state index contributed by atoms with van der Waals surface area (Å²) in [7, 11) is 3.52. The summed E-state index contributed by atoms with van der Waals surface area (Å²) in [5.74, 6) is -0.126. The van der Waals surface area contributed by atoms with Crippen molar-refractivity contribution in [1.82, 2.24) is 14.5 Å². The van der Waals surface area contributed by atoms with Gasteiger partial charge in [-0.25, -0.2) is 4.79 Å². The van der Waals surface area contributed by atoms with E-state index in [4.69, 9.17) is 0 Å². The van der Waals surface area contributed by atoms with Crippen molar-refractivity contribution in [3.05, 3.63) is 142 Å². The van der Waals surface area contributed by atoms with E-state index in [1.165, 1.54) is 0 Å². The lowest BCUT2D eigenvalue weighted by molar-refractivity contribution is -0.124. The number of aromatic nitrogens is 2. The van der Waals surface area contributed by atoms with E-state index in [0.29, 0.717) is 6.54 Å². The number of nitrogens with zero attached hydrogens (tertiary/aromatic N) is 2. The Morgan fingerprint density at radius 2 is 1.20 bits per heavy atom. The molecule has 5 aromatic rings. The normalized spacial score (nSPS) is 11.5. The molecule has 0 saturated heterocycles. The Labute approximate surface area is 204 Å². The van der Waals surface area contributed by atoms with E-state index in [9.17, 15) is 9.59 Å². The van der Waals surface area contributed by atoms with Crippen molar-refractivity contribution in [2.45, 2.75) is 12.0 Å². The van der Waals surface area contributed by atoms with Crippen molar-refractivity contribution in [3.8, 4) is 0 Å². The van der Waals surface area contributed by atoms with Crippen LogP contribution in [0.2, 0.25) is 0 Å². The summed E-state index contributed by atoms with van der Waals surface area (Å²) in [6.07, 6.45) is 0. The topological polar surface area (TPSA) is 56.0 Å². The Kier molecular flexibility index (Phi) is 5.83. The largest absolute Gasteiger partial charge is 0.351 e. The molecule has 0 radical (unpaired) electrons. The molecule has 0 fully saturated rings. The van der Waals surface area contributed by atoms with Crippen LogP contribution < -0.4 is 11.0 Å². The van der Waals surface area contributed by atoms with E-state index in [-0.39, 0.29) is 11.6 Å². The summed E-state index contributed by atoms with van der Waals surface area (Å²) in [5.41, 5.74) is 3.93. The Hall–Kier alpha value is -4.38. The van der Waals surface area contributed by atoms with Gasteiger partial charge in [0.1, 0.15) is 5.41 Å². The summed E-state index contributed by atoms with van der Waals surface area (Å²) in [6, 6.07) is 35.4. The average Bonchev–Trinajstić information content (AvgIpc) is 3.13. The average molecular weight is 462 g/mol. The van der Waals surface area contributed by atoms with Gasteiger partial charge < -0.3 is 5.32 Å². The monoisotopic (exact) mass is 461 g/mol. The van der Waals surface area contributed by atoms with Gasteiger partial charge in [-0.1, -0.05) is 97.1 Å². The number of hydrogen-bond acceptors (Lipinski definition) is 2. The molecule has 5 rings (SSSR count). The number of amides is 1. The number of fused-ring (bicyclic) bond motifs is 1. The lowest BCUT2D eigenvalue weighted by Crippen LogP contribution is -2.46. The number of rotatable bonds is 6. The number of nitrogens with one attached hydrogen (secondary N) is 1. The highest BCUT2D eigenvalue weighted by molar-refractivity contribution is 5.97. The van der Waals surface area contributed by atoms with Crippen LogP contribution in [0.25, 0.3) is 11.0 Å². The Bertz CT molecular complexity index is 1500. The third-order valence-electron chi connectivity index (χ3n) is 6.76. The maximum Gasteiger partial charge on any atom is 0.328 e. The van der Waals surface area contributed by atoms with Crippen LogP contribution in [0.1, 0.15) is 22.3 Å². The molecule has 0 atom stereocenters. The second-order valence-corrected chi connectivity index (χ2v) is 8.75. The van der Waals surface area contributed by atoms with Crippen molar-refractivity contribution >= 4 is 16.9 Å². The number of benzene rings is 4. The summed E-state index contributed by atoms with van der Waals surface area (Å²) >= 11 is 0. The molecular formula is C30H27N3O2. The van der Waals surface area contributed by atoms with Crippen LogP contribution in [0, 0.1) is 0 Å². The first-order valence-corrected chi connectivity index (χ1v) is 11.6.